The van der Waals surface area contributed by atoms with E-state index in [4.69, 9.17) is 4.74 Å². The van der Waals surface area contributed by atoms with E-state index in [1.54, 1.807) is 11.3 Å². The van der Waals surface area contributed by atoms with Gasteiger partial charge in [0.2, 0.25) is 0 Å². The van der Waals surface area contributed by atoms with E-state index >= 15 is 0 Å². The number of nitrogens with zero attached hydrogens (tertiary/aromatic N) is 1. The van der Waals surface area contributed by atoms with Crippen LogP contribution >= 0.6 is 11.3 Å². The smallest absolute Gasteiger partial charge is 0.319 e. The number of hydrogen-bond acceptors (Lipinski definition) is 4. The van der Waals surface area contributed by atoms with Crippen LogP contribution in [0.5, 0.6) is 0 Å². The van der Waals surface area contributed by atoms with E-state index in [-0.39, 0.29) is 12.1 Å². The van der Waals surface area contributed by atoms with Crippen LogP contribution in [0.1, 0.15) is 25.3 Å². The fraction of sp³-hybridized carbons (Fsp3) is 0.467. The number of ether oxygens (including phenoxy) is 1. The van der Waals surface area contributed by atoms with Gasteiger partial charge in [-0.1, -0.05) is 0 Å². The molecule has 2 N–H and O–H groups in total. The lowest BCUT2D eigenvalue weighted by molar-refractivity contribution is 0.0775. The molecular weight excluding hydrogens is 286 g/mol. The van der Waals surface area contributed by atoms with Crippen molar-refractivity contribution < 1.29 is 9.53 Å². The Labute approximate surface area is 128 Å². The summed E-state index contributed by atoms with van der Waals surface area (Å²) in [5.41, 5.74) is 1.75. The van der Waals surface area contributed by atoms with Gasteiger partial charge < -0.3 is 15.4 Å². The molecule has 6 heteroatoms. The van der Waals surface area contributed by atoms with Crippen molar-refractivity contribution in [2.24, 2.45) is 0 Å². The minimum Gasteiger partial charge on any atom is -0.379 e. The van der Waals surface area contributed by atoms with Gasteiger partial charge in [-0.15, -0.1) is 11.3 Å². The van der Waals surface area contributed by atoms with Crippen LogP contribution in [0.25, 0.3) is 10.2 Å². The average Bonchev–Trinajstić information content (AvgIpc) is 2.77. The summed E-state index contributed by atoms with van der Waals surface area (Å²) in [5.74, 6) is 0. The maximum Gasteiger partial charge on any atom is 0.319 e. The number of urea groups is 1. The van der Waals surface area contributed by atoms with Gasteiger partial charge in [-0.25, -0.2) is 9.78 Å². The van der Waals surface area contributed by atoms with Gasteiger partial charge in [0.25, 0.3) is 0 Å². The van der Waals surface area contributed by atoms with Crippen molar-refractivity contribution in [3.05, 3.63) is 23.2 Å². The number of carbonyl (C=O) groups excluding carboxylic acids is 1. The Morgan fingerprint density at radius 2 is 2.24 bits per heavy atom. The number of hydrogen-bond donors (Lipinski definition) is 2. The quantitative estimate of drug-likeness (QED) is 0.802. The standard InChI is InChI=1S/C15H21N3O2S/c1-10(2)20-8-4-7-16-15(19)18-12-5-6-13-14(9-12)21-11(3)17-13/h5-6,9-10H,4,7-8H2,1-3H3,(H2,16,18,19). The zero-order chi connectivity index (χ0) is 15.2. The largest absolute Gasteiger partial charge is 0.379 e. The van der Waals surface area contributed by atoms with Gasteiger partial charge in [-0.3, -0.25) is 0 Å². The average molecular weight is 307 g/mol. The van der Waals surface area contributed by atoms with E-state index in [0.29, 0.717) is 13.2 Å². The van der Waals surface area contributed by atoms with Crippen LogP contribution in [0.15, 0.2) is 18.2 Å². The highest BCUT2D eigenvalue weighted by atomic mass is 32.1. The molecule has 0 radical (unpaired) electrons. The first-order chi connectivity index (χ1) is 10.0. The van der Waals surface area contributed by atoms with E-state index in [1.165, 1.54) is 0 Å². The summed E-state index contributed by atoms with van der Waals surface area (Å²) < 4.78 is 6.49. The van der Waals surface area contributed by atoms with Crippen molar-refractivity contribution in [2.45, 2.75) is 33.3 Å². The number of thiazole rings is 1. The molecule has 114 valence electrons. The molecule has 2 aromatic rings. The molecule has 1 aromatic heterocycles. The first-order valence-electron chi connectivity index (χ1n) is 7.08. The van der Waals surface area contributed by atoms with E-state index in [0.717, 1.165) is 27.3 Å². The van der Waals surface area contributed by atoms with Crippen molar-refractivity contribution in [3.63, 3.8) is 0 Å². The number of anilines is 1. The predicted octanol–water partition coefficient (Wildman–Crippen LogP) is 3.54. The molecule has 1 heterocycles. The highest BCUT2D eigenvalue weighted by Crippen LogP contribution is 2.24. The minimum atomic E-state index is -0.194. The van der Waals surface area contributed by atoms with Crippen molar-refractivity contribution in [3.8, 4) is 0 Å². The number of rotatable bonds is 6. The summed E-state index contributed by atoms with van der Waals surface area (Å²) in [6.45, 7) is 7.23. The molecule has 0 aliphatic heterocycles. The van der Waals surface area contributed by atoms with Crippen LogP contribution in [-0.4, -0.2) is 30.3 Å². The van der Waals surface area contributed by atoms with Gasteiger partial charge in [0.1, 0.15) is 0 Å². The van der Waals surface area contributed by atoms with Gasteiger partial charge in [0.15, 0.2) is 0 Å². The summed E-state index contributed by atoms with van der Waals surface area (Å²) >= 11 is 1.62. The number of nitrogens with one attached hydrogen (secondary N) is 2. The van der Waals surface area contributed by atoms with Gasteiger partial charge in [0, 0.05) is 18.8 Å². The summed E-state index contributed by atoms with van der Waals surface area (Å²) in [6.07, 6.45) is 1.03. The number of aryl methyl sites for hydroxylation is 1. The minimum absolute atomic E-state index is 0.194. The van der Waals surface area contributed by atoms with Crippen LogP contribution in [0.2, 0.25) is 0 Å². The Morgan fingerprint density at radius 1 is 1.43 bits per heavy atom. The van der Waals surface area contributed by atoms with Crippen LogP contribution in [0, 0.1) is 6.92 Å². The third-order valence-electron chi connectivity index (χ3n) is 2.81. The summed E-state index contributed by atoms with van der Waals surface area (Å²) in [6, 6.07) is 5.54. The van der Waals surface area contributed by atoms with E-state index in [2.05, 4.69) is 15.6 Å². The third-order valence-corrected chi connectivity index (χ3v) is 3.74. The maximum absolute atomic E-state index is 11.8. The Bertz CT molecular complexity index is 610. The van der Waals surface area contributed by atoms with Crippen molar-refractivity contribution >= 4 is 33.3 Å². The number of amides is 2. The molecule has 5 nitrogen and oxygen atoms in total. The zero-order valence-electron chi connectivity index (χ0n) is 12.6. The summed E-state index contributed by atoms with van der Waals surface area (Å²) in [7, 11) is 0. The second-order valence-corrected chi connectivity index (χ2v) is 6.30. The highest BCUT2D eigenvalue weighted by Gasteiger charge is 2.04. The molecule has 0 saturated carbocycles. The molecule has 1 aromatic carbocycles. The molecule has 0 spiro atoms. The third kappa shape index (κ3) is 4.99. The second kappa shape index (κ2) is 7.38. The SMILES string of the molecule is Cc1nc2ccc(NC(=O)NCCCOC(C)C)cc2s1. The van der Waals surface area contributed by atoms with Crippen LogP contribution in [0.3, 0.4) is 0 Å². The fourth-order valence-corrected chi connectivity index (χ4v) is 2.75. The molecule has 2 rings (SSSR count). The molecule has 0 saturated heterocycles. The monoisotopic (exact) mass is 307 g/mol. The number of benzene rings is 1. The highest BCUT2D eigenvalue weighted by molar-refractivity contribution is 7.18. The Balaban J connectivity index is 1.78. The van der Waals surface area contributed by atoms with Gasteiger partial charge >= 0.3 is 6.03 Å². The van der Waals surface area contributed by atoms with E-state index < -0.39 is 0 Å². The summed E-state index contributed by atoms with van der Waals surface area (Å²) in [5, 5.41) is 6.67. The summed E-state index contributed by atoms with van der Waals surface area (Å²) in [4.78, 5) is 16.2. The molecule has 2 amide bonds. The molecule has 0 aliphatic rings. The molecule has 0 atom stereocenters. The normalized spacial score (nSPS) is 11.0. The molecule has 0 aliphatic carbocycles. The molecule has 21 heavy (non-hydrogen) atoms. The van der Waals surface area contributed by atoms with Crippen molar-refractivity contribution in [1.29, 1.82) is 0 Å². The molecule has 0 fully saturated rings. The lowest BCUT2D eigenvalue weighted by Gasteiger charge is -2.09. The molecule has 0 unspecified atom stereocenters. The number of aromatic nitrogens is 1. The molecular formula is C15H21N3O2S. The second-order valence-electron chi connectivity index (χ2n) is 5.07. The van der Waals surface area contributed by atoms with E-state index in [9.17, 15) is 4.79 Å². The van der Waals surface area contributed by atoms with Crippen molar-refractivity contribution in [2.75, 3.05) is 18.5 Å². The number of fused-ring (bicyclic) bond motifs is 1. The lowest BCUT2D eigenvalue weighted by atomic mass is 10.3. The van der Waals surface area contributed by atoms with Crippen LogP contribution in [-0.2, 0) is 4.74 Å². The maximum atomic E-state index is 11.8. The van der Waals surface area contributed by atoms with Gasteiger partial charge in [-0.05, 0) is 45.4 Å². The molecule has 0 bridgehead atoms. The van der Waals surface area contributed by atoms with Crippen LogP contribution < -0.4 is 10.6 Å². The Morgan fingerprint density at radius 3 is 3.00 bits per heavy atom. The van der Waals surface area contributed by atoms with Gasteiger partial charge in [0.05, 0.1) is 21.3 Å². The number of carbonyl (C=O) groups is 1. The zero-order valence-corrected chi connectivity index (χ0v) is 13.4. The van der Waals surface area contributed by atoms with Gasteiger partial charge in [-0.2, -0.15) is 0 Å². The fourth-order valence-electron chi connectivity index (χ4n) is 1.89. The first kappa shape index (κ1) is 15.7. The lowest BCUT2D eigenvalue weighted by Crippen LogP contribution is -2.30. The van der Waals surface area contributed by atoms with E-state index in [1.807, 2.05) is 39.0 Å². The Kier molecular flexibility index (Phi) is 5.52. The predicted molar refractivity (Wildman–Crippen MR) is 87.1 cm³/mol. The van der Waals surface area contributed by atoms with Crippen molar-refractivity contribution in [1.82, 2.24) is 10.3 Å². The topological polar surface area (TPSA) is 63.2 Å². The van der Waals surface area contributed by atoms with Crippen LogP contribution in [0.4, 0.5) is 10.5 Å². The Hall–Kier alpha value is -1.66. The first-order valence-corrected chi connectivity index (χ1v) is 7.90.